The molecule has 3 heteroatoms. The molecule has 78 valence electrons. The predicted octanol–water partition coefficient (Wildman–Crippen LogP) is 4.26. The van der Waals surface area contributed by atoms with E-state index in [4.69, 9.17) is 4.52 Å². The van der Waals surface area contributed by atoms with Crippen molar-refractivity contribution in [3.05, 3.63) is 53.2 Å². The average molecular weight is 274 g/mol. The molecule has 2 nitrogen and oxygen atoms in total. The van der Waals surface area contributed by atoms with Crippen molar-refractivity contribution in [3.8, 4) is 11.3 Å². The maximum Gasteiger partial charge on any atom is 0.124 e. The summed E-state index contributed by atoms with van der Waals surface area (Å²) in [5.41, 5.74) is 1.94. The van der Waals surface area contributed by atoms with Gasteiger partial charge in [0.15, 0.2) is 0 Å². The van der Waals surface area contributed by atoms with E-state index in [1.807, 2.05) is 18.2 Å². The topological polar surface area (TPSA) is 26.0 Å². The van der Waals surface area contributed by atoms with Crippen molar-refractivity contribution in [2.75, 3.05) is 0 Å². The van der Waals surface area contributed by atoms with Crippen molar-refractivity contribution in [3.63, 3.8) is 0 Å². The van der Waals surface area contributed by atoms with Crippen LogP contribution in [0.3, 0.4) is 0 Å². The van der Waals surface area contributed by atoms with Gasteiger partial charge in [0, 0.05) is 16.1 Å². The zero-order valence-electron chi connectivity index (χ0n) is 8.35. The molecule has 0 N–H and O–H groups in total. The Morgan fingerprint density at radius 3 is 2.56 bits per heavy atom. The second kappa shape index (κ2) is 3.76. The Hall–Kier alpha value is -1.61. The smallest absolute Gasteiger partial charge is 0.124 e. The third kappa shape index (κ3) is 1.63. The summed E-state index contributed by atoms with van der Waals surface area (Å²) in [4.78, 5) is 0. The highest BCUT2D eigenvalue weighted by atomic mass is 79.9. The number of aromatic nitrogens is 1. The van der Waals surface area contributed by atoms with Gasteiger partial charge in [0.25, 0.3) is 0 Å². The summed E-state index contributed by atoms with van der Waals surface area (Å²) in [7, 11) is 0. The lowest BCUT2D eigenvalue weighted by molar-refractivity contribution is 0.422. The minimum Gasteiger partial charge on any atom is -0.364 e. The predicted molar refractivity (Wildman–Crippen MR) is 67.1 cm³/mol. The minimum atomic E-state index is 0.866. The van der Waals surface area contributed by atoms with Crippen molar-refractivity contribution in [1.82, 2.24) is 5.16 Å². The van der Waals surface area contributed by atoms with E-state index in [9.17, 15) is 0 Å². The van der Waals surface area contributed by atoms with E-state index in [2.05, 4.69) is 45.4 Å². The largest absolute Gasteiger partial charge is 0.364 e. The van der Waals surface area contributed by atoms with Gasteiger partial charge in [0.05, 0.1) is 0 Å². The zero-order valence-corrected chi connectivity index (χ0v) is 9.94. The summed E-state index contributed by atoms with van der Waals surface area (Å²) in [6.07, 6.45) is 1.58. The Labute approximate surface area is 101 Å². The third-order valence-electron chi connectivity index (χ3n) is 2.54. The van der Waals surface area contributed by atoms with Gasteiger partial charge in [-0.3, -0.25) is 0 Å². The van der Waals surface area contributed by atoms with Gasteiger partial charge < -0.3 is 4.52 Å². The average Bonchev–Trinajstić information content (AvgIpc) is 2.82. The molecule has 0 aliphatic heterocycles. The number of hydrogen-bond donors (Lipinski definition) is 0. The van der Waals surface area contributed by atoms with Crippen molar-refractivity contribution in [2.24, 2.45) is 0 Å². The van der Waals surface area contributed by atoms with Crippen LogP contribution in [0, 0.1) is 0 Å². The number of hydrogen-bond acceptors (Lipinski definition) is 2. The van der Waals surface area contributed by atoms with Crippen LogP contribution in [0.25, 0.3) is 22.0 Å². The second-order valence-electron chi connectivity index (χ2n) is 3.59. The summed E-state index contributed by atoms with van der Waals surface area (Å²) in [6, 6.07) is 14.3. The summed E-state index contributed by atoms with van der Waals surface area (Å²) >= 11 is 3.46. The van der Waals surface area contributed by atoms with Crippen LogP contribution < -0.4 is 0 Å². The molecule has 0 atom stereocenters. The van der Waals surface area contributed by atoms with Crippen LogP contribution in [0.5, 0.6) is 0 Å². The lowest BCUT2D eigenvalue weighted by atomic mass is 10.1. The van der Waals surface area contributed by atoms with Crippen molar-refractivity contribution < 1.29 is 4.52 Å². The van der Waals surface area contributed by atoms with Crippen LogP contribution in [0.15, 0.2) is 57.7 Å². The molecule has 0 aliphatic carbocycles. The fourth-order valence-electron chi connectivity index (χ4n) is 1.74. The molecule has 0 fully saturated rings. The Morgan fingerprint density at radius 1 is 0.938 bits per heavy atom. The van der Waals surface area contributed by atoms with E-state index in [1.54, 1.807) is 6.26 Å². The van der Waals surface area contributed by atoms with E-state index in [-0.39, 0.29) is 0 Å². The number of benzene rings is 2. The van der Waals surface area contributed by atoms with Gasteiger partial charge in [0.1, 0.15) is 12.0 Å². The molecule has 3 rings (SSSR count). The lowest BCUT2D eigenvalue weighted by Gasteiger charge is -2.01. The summed E-state index contributed by atoms with van der Waals surface area (Å²) in [6.45, 7) is 0. The van der Waals surface area contributed by atoms with Crippen LogP contribution in [0.2, 0.25) is 0 Å². The summed E-state index contributed by atoms with van der Waals surface area (Å²) < 4.78 is 5.93. The van der Waals surface area contributed by atoms with Gasteiger partial charge >= 0.3 is 0 Å². The molecule has 0 radical (unpaired) electrons. The molecular formula is C13H8BrNO. The van der Waals surface area contributed by atoms with Gasteiger partial charge in [0.2, 0.25) is 0 Å². The molecule has 0 amide bonds. The standard InChI is InChI=1S/C13H8BrNO/c14-12-4-3-9-7-11(2-1-10(9)8-12)13-5-6-16-15-13/h1-8H. The molecule has 3 aromatic rings. The van der Waals surface area contributed by atoms with Crippen molar-refractivity contribution in [1.29, 1.82) is 0 Å². The van der Waals surface area contributed by atoms with Crippen LogP contribution in [-0.4, -0.2) is 5.16 Å². The molecule has 2 aromatic carbocycles. The molecule has 1 aromatic heterocycles. The Morgan fingerprint density at radius 2 is 1.75 bits per heavy atom. The van der Waals surface area contributed by atoms with Crippen LogP contribution in [0.1, 0.15) is 0 Å². The van der Waals surface area contributed by atoms with E-state index in [1.165, 1.54) is 10.8 Å². The molecule has 0 unspecified atom stereocenters. The third-order valence-corrected chi connectivity index (χ3v) is 3.03. The van der Waals surface area contributed by atoms with E-state index < -0.39 is 0 Å². The van der Waals surface area contributed by atoms with Crippen LogP contribution in [0.4, 0.5) is 0 Å². The highest BCUT2D eigenvalue weighted by Crippen LogP contribution is 2.25. The Balaban J connectivity index is 2.20. The van der Waals surface area contributed by atoms with Gasteiger partial charge in [-0.2, -0.15) is 0 Å². The van der Waals surface area contributed by atoms with Crippen LogP contribution >= 0.6 is 15.9 Å². The summed E-state index contributed by atoms with van der Waals surface area (Å²) in [5, 5.41) is 6.33. The first-order valence-electron chi connectivity index (χ1n) is 4.93. The maximum absolute atomic E-state index is 4.84. The maximum atomic E-state index is 4.84. The first-order valence-corrected chi connectivity index (χ1v) is 5.72. The van der Waals surface area contributed by atoms with E-state index >= 15 is 0 Å². The molecule has 1 heterocycles. The molecule has 0 spiro atoms. The monoisotopic (exact) mass is 273 g/mol. The van der Waals surface area contributed by atoms with Gasteiger partial charge in [-0.25, -0.2) is 0 Å². The molecule has 16 heavy (non-hydrogen) atoms. The van der Waals surface area contributed by atoms with Crippen molar-refractivity contribution in [2.45, 2.75) is 0 Å². The second-order valence-corrected chi connectivity index (χ2v) is 4.51. The number of halogens is 1. The number of fused-ring (bicyclic) bond motifs is 1. The Kier molecular flexibility index (Phi) is 2.26. The quantitative estimate of drug-likeness (QED) is 0.662. The molecular weight excluding hydrogens is 266 g/mol. The molecule has 0 saturated carbocycles. The summed E-state index contributed by atoms with van der Waals surface area (Å²) in [5.74, 6) is 0. The first kappa shape index (κ1) is 9.60. The normalized spacial score (nSPS) is 10.8. The van der Waals surface area contributed by atoms with Gasteiger partial charge in [-0.1, -0.05) is 39.3 Å². The molecule has 0 aliphatic rings. The highest BCUT2D eigenvalue weighted by molar-refractivity contribution is 9.10. The number of nitrogens with zero attached hydrogens (tertiary/aromatic N) is 1. The highest BCUT2D eigenvalue weighted by Gasteiger charge is 2.02. The van der Waals surface area contributed by atoms with Crippen molar-refractivity contribution >= 4 is 26.7 Å². The number of rotatable bonds is 1. The van der Waals surface area contributed by atoms with Gasteiger partial charge in [-0.15, -0.1) is 0 Å². The zero-order chi connectivity index (χ0) is 11.0. The van der Waals surface area contributed by atoms with E-state index in [0.29, 0.717) is 0 Å². The van der Waals surface area contributed by atoms with Crippen LogP contribution in [-0.2, 0) is 0 Å². The molecule has 0 saturated heterocycles. The Bertz CT molecular complexity index is 631. The fraction of sp³-hybridized carbons (Fsp3) is 0. The minimum absolute atomic E-state index is 0.866. The SMILES string of the molecule is Brc1ccc2cc(-c3ccon3)ccc2c1. The van der Waals surface area contributed by atoms with Gasteiger partial charge in [-0.05, 0) is 29.0 Å². The fourth-order valence-corrected chi connectivity index (χ4v) is 2.12. The van der Waals surface area contributed by atoms with E-state index in [0.717, 1.165) is 15.7 Å². The lowest BCUT2D eigenvalue weighted by Crippen LogP contribution is -1.78. The first-order chi connectivity index (χ1) is 7.83. The molecule has 0 bridgehead atoms.